The zero-order valence-electron chi connectivity index (χ0n) is 26.8. The number of ether oxygens (including phenoxy) is 3. The summed E-state index contributed by atoms with van der Waals surface area (Å²) in [5, 5.41) is 0.478. The zero-order valence-corrected chi connectivity index (χ0v) is 28.4. The van der Waals surface area contributed by atoms with Gasteiger partial charge in [0.15, 0.2) is 0 Å². The highest BCUT2D eigenvalue weighted by molar-refractivity contribution is 9.09. The molecule has 6 nitrogen and oxygen atoms in total. The van der Waals surface area contributed by atoms with Gasteiger partial charge >= 0.3 is 24.3 Å². The van der Waals surface area contributed by atoms with Crippen LogP contribution in [0.15, 0.2) is 85.5 Å². The third kappa shape index (κ3) is 12.6. The first-order valence-corrected chi connectivity index (χ1v) is 15.5. The Morgan fingerprint density at radius 2 is 1.36 bits per heavy atom. The maximum absolute atomic E-state index is 13.4. The highest BCUT2D eigenvalue weighted by Gasteiger charge is 2.39. The smallest absolute Gasteiger partial charge is 0.416 e. The van der Waals surface area contributed by atoms with E-state index >= 15 is 0 Å². The molecule has 0 aliphatic heterocycles. The van der Waals surface area contributed by atoms with E-state index in [9.17, 15) is 35.9 Å². The summed E-state index contributed by atoms with van der Waals surface area (Å²) in [4.78, 5) is 24.6. The summed E-state index contributed by atoms with van der Waals surface area (Å²) in [6.07, 6.45) is -9.17. The molecule has 0 aliphatic rings. The molecule has 0 aliphatic carbocycles. The molecule has 0 fully saturated rings. The third-order valence-electron chi connectivity index (χ3n) is 6.89. The van der Waals surface area contributed by atoms with E-state index in [-0.39, 0.29) is 49.4 Å². The highest BCUT2D eigenvalue weighted by atomic mass is 79.9. The molecule has 0 amide bonds. The molecule has 0 spiro atoms. The maximum atomic E-state index is 13.4. The van der Waals surface area contributed by atoms with Gasteiger partial charge in [-0.25, -0.2) is 9.59 Å². The van der Waals surface area contributed by atoms with Crippen molar-refractivity contribution in [1.82, 2.24) is 4.90 Å². The third-order valence-corrected chi connectivity index (χ3v) is 7.57. The van der Waals surface area contributed by atoms with Crippen molar-refractivity contribution in [3.05, 3.63) is 108 Å². The number of benzene rings is 2. The number of carbonyl (C=O) groups is 2. The first kappa shape index (κ1) is 41.6. The van der Waals surface area contributed by atoms with Crippen molar-refractivity contribution >= 4 is 27.9 Å². The van der Waals surface area contributed by atoms with Crippen LogP contribution in [-0.4, -0.2) is 55.6 Å². The fraction of sp³-hybridized carbons (Fsp3) is 0.412. The van der Waals surface area contributed by atoms with Crippen molar-refractivity contribution in [2.24, 2.45) is 0 Å². The Balaban J connectivity index is 0.00000107. The molecule has 0 radical (unpaired) electrons. The Bertz CT molecular complexity index is 1330. The summed E-state index contributed by atoms with van der Waals surface area (Å²) in [6, 6.07) is 10.4. The van der Waals surface area contributed by atoms with Crippen molar-refractivity contribution in [2.75, 3.05) is 38.7 Å². The van der Waals surface area contributed by atoms with E-state index in [1.165, 1.54) is 6.92 Å². The summed E-state index contributed by atoms with van der Waals surface area (Å²) in [6.45, 7) is 16.4. The average Bonchev–Trinajstić information content (AvgIpc) is 3.02. The summed E-state index contributed by atoms with van der Waals surface area (Å²) >= 11 is 3.08. The topological polar surface area (TPSA) is 65.1 Å². The molecule has 0 bridgehead atoms. The lowest BCUT2D eigenvalue weighted by Gasteiger charge is -2.42. The number of likely N-dealkylation sites (N-methyl/N-ethyl adjacent to an activating group) is 1. The van der Waals surface area contributed by atoms with Gasteiger partial charge in [0.1, 0.15) is 0 Å². The van der Waals surface area contributed by atoms with Crippen molar-refractivity contribution in [1.29, 1.82) is 0 Å². The molecule has 2 atom stereocenters. The number of hydrogen-bond donors (Lipinski definition) is 0. The monoisotopic (exact) mass is 735 g/mol. The maximum Gasteiger partial charge on any atom is 0.416 e. The molecular weight excluding hydrogens is 696 g/mol. The molecule has 0 saturated carbocycles. The summed E-state index contributed by atoms with van der Waals surface area (Å²) < 4.78 is 95.8. The van der Waals surface area contributed by atoms with Crippen molar-refractivity contribution in [3.63, 3.8) is 0 Å². The van der Waals surface area contributed by atoms with E-state index in [4.69, 9.17) is 9.47 Å². The first-order valence-electron chi connectivity index (χ1n) is 14.4. The molecular formula is C34H40BrF6NO5. The zero-order chi connectivity index (χ0) is 36.0. The Kier molecular flexibility index (Phi) is 16.6. The number of hydrogen-bond acceptors (Lipinski definition) is 6. The van der Waals surface area contributed by atoms with Gasteiger partial charge in [0.25, 0.3) is 0 Å². The molecule has 0 saturated heterocycles. The van der Waals surface area contributed by atoms with Crippen LogP contribution >= 0.6 is 15.9 Å². The van der Waals surface area contributed by atoms with Crippen LogP contribution in [0.5, 0.6) is 0 Å². The average molecular weight is 737 g/mol. The minimum Gasteiger partial charge on any atom is -0.463 e. The SMILES string of the molecule is C=C(CBr)C(=O)OCC.C=CC[C@@](CO[C@H](C)c1cc(C(F)(F)F)cc(C(F)(F)F)c1)(c1ccccc1)N(C)CC(=C)C(=O)OCC. The van der Waals surface area contributed by atoms with Crippen molar-refractivity contribution < 1.29 is 50.1 Å². The molecule has 2 aromatic rings. The van der Waals surface area contributed by atoms with Crippen LogP contribution in [0.1, 0.15) is 55.5 Å². The second-order valence-electron chi connectivity index (χ2n) is 10.3. The molecule has 2 aromatic carbocycles. The normalized spacial score (nSPS) is 13.4. The van der Waals surface area contributed by atoms with Gasteiger partial charge in [0, 0.05) is 23.0 Å². The molecule has 0 unspecified atom stereocenters. The molecule has 0 N–H and O–H groups in total. The van der Waals surface area contributed by atoms with Crippen molar-refractivity contribution in [2.45, 2.75) is 51.2 Å². The number of carbonyl (C=O) groups excluding carboxylic acids is 2. The van der Waals surface area contributed by atoms with Gasteiger partial charge in [-0.15, -0.1) is 6.58 Å². The van der Waals surface area contributed by atoms with Crippen molar-refractivity contribution in [3.8, 4) is 0 Å². The molecule has 2 rings (SSSR count). The minimum atomic E-state index is -4.97. The largest absolute Gasteiger partial charge is 0.463 e. The Labute approximate surface area is 280 Å². The Hall–Kier alpha value is -3.42. The fourth-order valence-corrected chi connectivity index (χ4v) is 4.56. The van der Waals surface area contributed by atoms with E-state index in [1.54, 1.807) is 50.1 Å². The number of halogens is 7. The lowest BCUT2D eigenvalue weighted by atomic mass is 9.85. The second-order valence-corrected chi connectivity index (χ2v) is 10.9. The first-order chi connectivity index (χ1) is 21.9. The van der Waals surface area contributed by atoms with Crippen LogP contribution in [0.3, 0.4) is 0 Å². The predicted octanol–water partition coefficient (Wildman–Crippen LogP) is 8.83. The van der Waals surface area contributed by atoms with Crippen LogP contribution in [0.2, 0.25) is 0 Å². The van der Waals surface area contributed by atoms with Gasteiger partial charge in [-0.05, 0) is 63.6 Å². The summed E-state index contributed by atoms with van der Waals surface area (Å²) in [5.74, 6) is -0.910. The van der Waals surface area contributed by atoms with Gasteiger partial charge in [0.05, 0.1) is 42.6 Å². The van der Waals surface area contributed by atoms with Crippen LogP contribution in [0.4, 0.5) is 26.3 Å². The van der Waals surface area contributed by atoms with Crippen LogP contribution in [-0.2, 0) is 41.7 Å². The quantitative estimate of drug-likeness (QED) is 0.0599. The van der Waals surface area contributed by atoms with E-state index in [0.717, 1.165) is 5.56 Å². The van der Waals surface area contributed by atoms with Crippen LogP contribution < -0.4 is 0 Å². The van der Waals surface area contributed by atoms with Gasteiger partial charge in [-0.1, -0.05) is 65.5 Å². The standard InChI is InChI=1S/C28H31F6NO3.C6H9BrO2/c1-6-13-26(22-11-9-8-10-12-22,35(5)17-19(3)25(36)37-7-2)18-38-20(4)21-14-23(27(29,30)31)16-24(15-21)28(32,33)34;1-3-9-6(8)5(2)4-7/h6,8-12,14-16,20H,1,3,7,13,17-18H2,2,4-5H3;2-4H2,1H3/t20-,26-;/m1./s1. The lowest BCUT2D eigenvalue weighted by molar-refractivity contribution is -0.143. The highest BCUT2D eigenvalue weighted by Crippen LogP contribution is 2.39. The Morgan fingerprint density at radius 1 is 0.872 bits per heavy atom. The molecule has 260 valence electrons. The van der Waals surface area contributed by atoms with E-state index in [1.807, 2.05) is 12.1 Å². The van der Waals surface area contributed by atoms with Crippen LogP contribution in [0, 0.1) is 0 Å². The number of rotatable bonds is 15. The fourth-order valence-electron chi connectivity index (χ4n) is 4.33. The van der Waals surface area contributed by atoms with Gasteiger partial charge in [-0.2, -0.15) is 26.3 Å². The Morgan fingerprint density at radius 3 is 1.79 bits per heavy atom. The van der Waals surface area contributed by atoms with Gasteiger partial charge in [0.2, 0.25) is 0 Å². The van der Waals surface area contributed by atoms with Gasteiger partial charge < -0.3 is 14.2 Å². The van der Waals surface area contributed by atoms with E-state index in [0.29, 0.717) is 29.6 Å². The summed E-state index contributed by atoms with van der Waals surface area (Å²) in [7, 11) is 1.71. The number of esters is 2. The molecule has 0 aromatic heterocycles. The van der Waals surface area contributed by atoms with E-state index in [2.05, 4.69) is 40.4 Å². The van der Waals surface area contributed by atoms with Crippen LogP contribution in [0.25, 0.3) is 0 Å². The minimum absolute atomic E-state index is 0.0566. The lowest BCUT2D eigenvalue weighted by Crippen LogP contribution is -2.48. The second kappa shape index (κ2) is 18.8. The predicted molar refractivity (Wildman–Crippen MR) is 172 cm³/mol. The number of alkyl halides is 7. The van der Waals surface area contributed by atoms with Gasteiger partial charge in [-0.3, -0.25) is 4.90 Å². The van der Waals surface area contributed by atoms with E-state index < -0.39 is 41.1 Å². The molecule has 13 heteroatoms. The number of nitrogens with zero attached hydrogens (tertiary/aromatic N) is 1. The molecule has 0 heterocycles. The summed E-state index contributed by atoms with van der Waals surface area (Å²) in [5.41, 5.74) is -2.72. The molecule has 47 heavy (non-hydrogen) atoms.